The predicted molar refractivity (Wildman–Crippen MR) is 68.4 cm³/mol. The molecule has 0 aliphatic rings. The number of carbonyl (C=O) groups excluding carboxylic acids is 1. The van der Waals surface area contributed by atoms with Gasteiger partial charge in [0.15, 0.2) is 0 Å². The Morgan fingerprint density at radius 3 is 2.44 bits per heavy atom. The average Bonchev–Trinajstić information content (AvgIpc) is 2.19. The van der Waals surface area contributed by atoms with Crippen molar-refractivity contribution in [3.8, 4) is 0 Å². The fraction of sp³-hybridized carbons (Fsp3) is 0.667. The third-order valence-corrected chi connectivity index (χ3v) is 3.27. The lowest BCUT2D eigenvalue weighted by Gasteiger charge is -2.16. The van der Waals surface area contributed by atoms with E-state index in [0.717, 1.165) is 18.0 Å². The molecule has 0 aromatic carbocycles. The maximum Gasteiger partial charge on any atom is 0.508 e. The second-order valence-electron chi connectivity index (χ2n) is 4.84. The molecule has 0 rings (SSSR count). The van der Waals surface area contributed by atoms with Gasteiger partial charge in [-0.3, -0.25) is 0 Å². The molecule has 4 heteroatoms. The second-order valence-corrected chi connectivity index (χ2v) is 10.3. The largest absolute Gasteiger partial charge is 0.508 e. The van der Waals surface area contributed by atoms with Crippen molar-refractivity contribution in [3.05, 3.63) is 17.4 Å². The lowest BCUT2D eigenvalue weighted by atomic mass is 10.3. The van der Waals surface area contributed by atoms with Gasteiger partial charge in [0.25, 0.3) is 0 Å². The standard InChI is InChI=1S/C12H22O3Si/c1-6-7-8-11(10-16(3,4)5)9-15-12(13)14-2/h7H,6,9-10H2,1-5H3. The summed E-state index contributed by atoms with van der Waals surface area (Å²) < 4.78 is 9.37. The minimum Gasteiger partial charge on any atom is -0.438 e. The summed E-state index contributed by atoms with van der Waals surface area (Å²) in [6, 6.07) is 0.987. The van der Waals surface area contributed by atoms with Crippen LogP contribution in [0.25, 0.3) is 0 Å². The lowest BCUT2D eigenvalue weighted by molar-refractivity contribution is 0.0799. The molecule has 0 amide bonds. The molecule has 0 aromatic heterocycles. The minimum atomic E-state index is -1.20. The molecule has 0 N–H and O–H groups in total. The van der Waals surface area contributed by atoms with Crippen LogP contribution in [0.2, 0.25) is 25.7 Å². The third kappa shape index (κ3) is 8.33. The van der Waals surface area contributed by atoms with Gasteiger partial charge >= 0.3 is 6.16 Å². The van der Waals surface area contributed by atoms with E-state index in [-0.39, 0.29) is 6.61 Å². The number of carbonyl (C=O) groups is 1. The van der Waals surface area contributed by atoms with Crippen molar-refractivity contribution >= 4 is 14.2 Å². The summed E-state index contributed by atoms with van der Waals surface area (Å²) in [5.74, 6) is 0. The van der Waals surface area contributed by atoms with Gasteiger partial charge in [0.1, 0.15) is 6.61 Å². The van der Waals surface area contributed by atoms with E-state index in [1.165, 1.54) is 7.11 Å². The quantitative estimate of drug-likeness (QED) is 0.420. The first-order valence-electron chi connectivity index (χ1n) is 5.52. The van der Waals surface area contributed by atoms with Crippen LogP contribution in [-0.4, -0.2) is 27.9 Å². The smallest absolute Gasteiger partial charge is 0.438 e. The van der Waals surface area contributed by atoms with Crippen LogP contribution in [0.5, 0.6) is 0 Å². The van der Waals surface area contributed by atoms with Crippen molar-refractivity contribution in [1.29, 1.82) is 0 Å². The zero-order valence-electron chi connectivity index (χ0n) is 10.9. The number of ether oxygens (including phenoxy) is 2. The van der Waals surface area contributed by atoms with Gasteiger partial charge in [0.05, 0.1) is 7.11 Å². The molecule has 0 aliphatic carbocycles. The van der Waals surface area contributed by atoms with E-state index in [1.807, 2.05) is 6.08 Å². The molecule has 0 bridgehead atoms. The number of hydrogen-bond acceptors (Lipinski definition) is 3. The first kappa shape index (κ1) is 15.0. The van der Waals surface area contributed by atoms with Gasteiger partial charge in [-0.2, -0.15) is 0 Å². The van der Waals surface area contributed by atoms with Crippen molar-refractivity contribution in [1.82, 2.24) is 0 Å². The predicted octanol–water partition coefficient (Wildman–Crippen LogP) is 3.60. The van der Waals surface area contributed by atoms with Crippen LogP contribution in [0.1, 0.15) is 13.3 Å². The normalized spacial score (nSPS) is 10.3. The number of hydrogen-bond donors (Lipinski definition) is 0. The summed E-state index contributed by atoms with van der Waals surface area (Å²) in [6.07, 6.45) is 2.27. The van der Waals surface area contributed by atoms with E-state index in [4.69, 9.17) is 4.74 Å². The summed E-state index contributed by atoms with van der Waals surface area (Å²) in [6.45, 7) is 9.17. The summed E-state index contributed by atoms with van der Waals surface area (Å²) in [4.78, 5) is 10.9. The molecule has 0 saturated carbocycles. The van der Waals surface area contributed by atoms with E-state index in [1.54, 1.807) is 0 Å². The van der Waals surface area contributed by atoms with E-state index < -0.39 is 14.2 Å². The molecule has 0 fully saturated rings. The first-order valence-corrected chi connectivity index (χ1v) is 9.23. The van der Waals surface area contributed by atoms with Crippen molar-refractivity contribution in [3.63, 3.8) is 0 Å². The zero-order valence-corrected chi connectivity index (χ0v) is 11.9. The van der Waals surface area contributed by atoms with Gasteiger partial charge in [-0.25, -0.2) is 4.79 Å². The van der Waals surface area contributed by atoms with E-state index >= 15 is 0 Å². The summed E-state index contributed by atoms with van der Waals surface area (Å²) in [7, 11) is 0.107. The lowest BCUT2D eigenvalue weighted by Crippen LogP contribution is -2.21. The molecule has 0 atom stereocenters. The molecule has 0 aliphatic heterocycles. The van der Waals surface area contributed by atoms with Crippen molar-refractivity contribution < 1.29 is 14.3 Å². The second kappa shape index (κ2) is 7.31. The topological polar surface area (TPSA) is 35.5 Å². The van der Waals surface area contributed by atoms with Gasteiger partial charge in [-0.15, -0.1) is 5.73 Å². The fourth-order valence-corrected chi connectivity index (χ4v) is 2.72. The third-order valence-electron chi connectivity index (χ3n) is 1.78. The SMILES string of the molecule is CCC=C=C(COC(=O)OC)C[Si](C)(C)C. The Balaban J connectivity index is 4.46. The highest BCUT2D eigenvalue weighted by Crippen LogP contribution is 2.15. The van der Waals surface area contributed by atoms with Gasteiger partial charge in [-0.05, 0) is 18.5 Å². The molecule has 3 nitrogen and oxygen atoms in total. The van der Waals surface area contributed by atoms with Crippen LogP contribution in [0.15, 0.2) is 17.4 Å². The van der Waals surface area contributed by atoms with E-state index in [2.05, 4.69) is 37.0 Å². The minimum absolute atomic E-state index is 0.285. The average molecular weight is 242 g/mol. The van der Waals surface area contributed by atoms with Crippen LogP contribution >= 0.6 is 0 Å². The molecular weight excluding hydrogens is 220 g/mol. The van der Waals surface area contributed by atoms with Gasteiger partial charge < -0.3 is 9.47 Å². The molecule has 0 aromatic rings. The Kier molecular flexibility index (Phi) is 6.85. The molecule has 0 radical (unpaired) electrons. The van der Waals surface area contributed by atoms with Crippen molar-refractivity contribution in [2.75, 3.05) is 13.7 Å². The van der Waals surface area contributed by atoms with Gasteiger partial charge in [0, 0.05) is 13.6 Å². The Morgan fingerprint density at radius 1 is 1.38 bits per heavy atom. The molecule has 0 spiro atoms. The van der Waals surface area contributed by atoms with Gasteiger partial charge in [-0.1, -0.05) is 26.6 Å². The van der Waals surface area contributed by atoms with Crippen LogP contribution in [-0.2, 0) is 9.47 Å². The highest BCUT2D eigenvalue weighted by atomic mass is 28.3. The number of methoxy groups -OCH3 is 1. The Bertz CT molecular complexity index is 283. The van der Waals surface area contributed by atoms with Crippen molar-refractivity contribution in [2.45, 2.75) is 39.0 Å². The molecule has 0 saturated heterocycles. The summed E-state index contributed by atoms with van der Waals surface area (Å²) >= 11 is 0. The fourth-order valence-electron chi connectivity index (χ4n) is 1.24. The van der Waals surface area contributed by atoms with Gasteiger partial charge in [0.2, 0.25) is 0 Å². The summed E-state index contributed by atoms with van der Waals surface area (Å²) in [5, 5.41) is 0. The first-order chi connectivity index (χ1) is 7.39. The molecule has 0 heterocycles. The maximum absolute atomic E-state index is 10.9. The Hall–Kier alpha value is -0.993. The van der Waals surface area contributed by atoms with Crippen LogP contribution < -0.4 is 0 Å². The molecule has 0 unspecified atom stereocenters. The highest BCUT2D eigenvalue weighted by Gasteiger charge is 2.16. The monoisotopic (exact) mass is 242 g/mol. The highest BCUT2D eigenvalue weighted by molar-refractivity contribution is 6.76. The van der Waals surface area contributed by atoms with Crippen molar-refractivity contribution in [2.24, 2.45) is 0 Å². The summed E-state index contributed by atoms with van der Waals surface area (Å²) in [5.41, 5.74) is 4.25. The van der Waals surface area contributed by atoms with Crippen LogP contribution in [0.4, 0.5) is 4.79 Å². The Morgan fingerprint density at radius 2 is 2.00 bits per heavy atom. The van der Waals surface area contributed by atoms with Crippen LogP contribution in [0, 0.1) is 0 Å². The van der Waals surface area contributed by atoms with E-state index in [0.29, 0.717) is 0 Å². The number of rotatable bonds is 5. The van der Waals surface area contributed by atoms with Crippen LogP contribution in [0.3, 0.4) is 0 Å². The Labute approximate surface area is 99.1 Å². The van der Waals surface area contributed by atoms with E-state index in [9.17, 15) is 4.79 Å². The maximum atomic E-state index is 10.9. The molecule has 92 valence electrons. The zero-order chi connectivity index (χ0) is 12.6. The molecular formula is C12H22O3Si. The molecule has 16 heavy (non-hydrogen) atoms.